The molecule has 2 aliphatic rings. The van der Waals surface area contributed by atoms with E-state index in [-0.39, 0.29) is 13.2 Å². The average molecular weight is 500 g/mol. The molecule has 186 valence electrons. The van der Waals surface area contributed by atoms with Gasteiger partial charge in [-0.05, 0) is 25.7 Å². The Morgan fingerprint density at radius 3 is 1.68 bits per heavy atom. The number of H-pyrrole nitrogens is 2. The molecule has 2 saturated heterocycles. The standard InChI is InChI=1S/C19H25N4O10P/c1-29-34(28,30-10-12-2-4-16(32-12)22-8-6-14(24)20-18(22)26)31-11-13-3-5-17(33-13)23-9-7-15(25)21-19(23)27/h6-9,12-13,16-17H,2-5,10-11H2,1H3,(H,20,24,26)(H,21,25,27)/t12-,13-,16+,17+/m0/s1. The van der Waals surface area contributed by atoms with Gasteiger partial charge in [0.15, 0.2) is 0 Å². The highest BCUT2D eigenvalue weighted by Gasteiger charge is 2.34. The van der Waals surface area contributed by atoms with Gasteiger partial charge in [0.1, 0.15) is 12.5 Å². The van der Waals surface area contributed by atoms with Crippen molar-refractivity contribution in [3.8, 4) is 0 Å². The zero-order valence-corrected chi connectivity index (χ0v) is 19.2. The highest BCUT2D eigenvalue weighted by Crippen LogP contribution is 2.50. The number of nitrogens with one attached hydrogen (secondary N) is 2. The summed E-state index contributed by atoms with van der Waals surface area (Å²) >= 11 is 0. The predicted molar refractivity (Wildman–Crippen MR) is 115 cm³/mol. The fourth-order valence-electron chi connectivity index (χ4n) is 3.83. The Hall–Kier alpha value is -2.61. The number of hydrogen-bond donors (Lipinski definition) is 2. The van der Waals surface area contributed by atoms with Gasteiger partial charge in [0.25, 0.3) is 11.1 Å². The Bertz CT molecular complexity index is 1190. The maximum Gasteiger partial charge on any atom is 0.474 e. The molecule has 2 aliphatic heterocycles. The van der Waals surface area contributed by atoms with Crippen LogP contribution < -0.4 is 22.5 Å². The van der Waals surface area contributed by atoms with Crippen LogP contribution in [-0.4, -0.2) is 51.6 Å². The number of nitrogens with zero attached hydrogens (tertiary/aromatic N) is 2. The van der Waals surface area contributed by atoms with Crippen molar-refractivity contribution in [1.82, 2.24) is 19.1 Å². The molecule has 2 aromatic rings. The van der Waals surface area contributed by atoms with E-state index >= 15 is 0 Å². The first-order valence-electron chi connectivity index (χ1n) is 10.6. The van der Waals surface area contributed by atoms with E-state index in [9.17, 15) is 23.7 Å². The lowest BCUT2D eigenvalue weighted by atomic mass is 10.2. The van der Waals surface area contributed by atoms with Gasteiger partial charge < -0.3 is 9.47 Å². The Labute approximate surface area is 192 Å². The molecule has 0 spiro atoms. The smallest absolute Gasteiger partial charge is 0.352 e. The quantitative estimate of drug-likeness (QED) is 0.454. The fraction of sp³-hybridized carbons (Fsp3) is 0.579. The molecular weight excluding hydrogens is 475 g/mol. The number of phosphoric ester groups is 1. The Morgan fingerprint density at radius 2 is 1.29 bits per heavy atom. The van der Waals surface area contributed by atoms with Crippen molar-refractivity contribution in [3.63, 3.8) is 0 Å². The lowest BCUT2D eigenvalue weighted by Gasteiger charge is -2.21. The van der Waals surface area contributed by atoms with Crippen molar-refractivity contribution in [2.45, 2.75) is 50.3 Å². The molecule has 0 amide bonds. The summed E-state index contributed by atoms with van der Waals surface area (Å²) in [5.74, 6) is 0. The summed E-state index contributed by atoms with van der Waals surface area (Å²) in [7, 11) is -2.72. The third-order valence-corrected chi connectivity index (χ3v) is 6.93. The first-order chi connectivity index (χ1) is 16.3. The minimum atomic E-state index is -3.91. The minimum absolute atomic E-state index is 0.0966. The summed E-state index contributed by atoms with van der Waals surface area (Å²) in [5.41, 5.74) is -2.16. The van der Waals surface area contributed by atoms with Crippen molar-refractivity contribution in [2.24, 2.45) is 0 Å². The summed E-state index contributed by atoms with van der Waals surface area (Å²) < 4.78 is 42.6. The van der Waals surface area contributed by atoms with Crippen LogP contribution >= 0.6 is 7.82 Å². The number of rotatable bonds is 9. The van der Waals surface area contributed by atoms with Crippen LogP contribution in [0.15, 0.2) is 43.7 Å². The summed E-state index contributed by atoms with van der Waals surface area (Å²) in [6, 6.07) is 2.45. The monoisotopic (exact) mass is 500 g/mol. The van der Waals surface area contributed by atoms with Crippen LogP contribution in [0.1, 0.15) is 38.1 Å². The highest BCUT2D eigenvalue weighted by molar-refractivity contribution is 7.48. The lowest BCUT2D eigenvalue weighted by Crippen LogP contribution is -2.32. The van der Waals surface area contributed by atoms with Crippen LogP contribution in [0, 0.1) is 0 Å². The number of aromatic nitrogens is 4. The summed E-state index contributed by atoms with van der Waals surface area (Å²) in [6.07, 6.45) is 2.68. The minimum Gasteiger partial charge on any atom is -0.352 e. The molecule has 0 aromatic carbocycles. The van der Waals surface area contributed by atoms with Crippen LogP contribution in [0.3, 0.4) is 0 Å². The third-order valence-electron chi connectivity index (χ3n) is 5.55. The first-order valence-corrected chi connectivity index (χ1v) is 12.1. The second-order valence-electron chi connectivity index (χ2n) is 7.84. The van der Waals surface area contributed by atoms with E-state index in [2.05, 4.69) is 9.97 Å². The summed E-state index contributed by atoms with van der Waals surface area (Å²) in [4.78, 5) is 50.6. The van der Waals surface area contributed by atoms with Crippen molar-refractivity contribution in [3.05, 3.63) is 66.2 Å². The number of hydrogen-bond acceptors (Lipinski definition) is 10. The van der Waals surface area contributed by atoms with E-state index in [1.807, 2.05) is 0 Å². The van der Waals surface area contributed by atoms with Gasteiger partial charge in [-0.1, -0.05) is 0 Å². The zero-order chi connectivity index (χ0) is 24.3. The van der Waals surface area contributed by atoms with Crippen molar-refractivity contribution >= 4 is 7.82 Å². The molecule has 0 saturated carbocycles. The molecule has 2 N–H and O–H groups in total. The first kappa shape index (κ1) is 24.5. The second kappa shape index (κ2) is 10.3. The number of ether oxygens (including phenoxy) is 2. The van der Waals surface area contributed by atoms with Crippen LogP contribution in [0.4, 0.5) is 0 Å². The van der Waals surface area contributed by atoms with Gasteiger partial charge >= 0.3 is 19.2 Å². The van der Waals surface area contributed by atoms with E-state index in [1.54, 1.807) is 0 Å². The number of aromatic amines is 2. The molecule has 0 aliphatic carbocycles. The molecule has 2 fully saturated rings. The van der Waals surface area contributed by atoms with Crippen LogP contribution in [0.5, 0.6) is 0 Å². The van der Waals surface area contributed by atoms with Gasteiger partial charge in [-0.2, -0.15) is 0 Å². The molecule has 34 heavy (non-hydrogen) atoms. The SMILES string of the molecule is COP(=O)(OC[C@@H]1CC[C@H](n2ccc(=O)[nH]c2=O)O1)OC[C@@H]1CC[C@H](n2ccc(=O)[nH]c2=O)O1. The highest BCUT2D eigenvalue weighted by atomic mass is 31.2. The van der Waals surface area contributed by atoms with Gasteiger partial charge in [-0.15, -0.1) is 0 Å². The molecule has 2 aromatic heterocycles. The van der Waals surface area contributed by atoms with Gasteiger partial charge in [0.2, 0.25) is 0 Å². The maximum absolute atomic E-state index is 12.8. The largest absolute Gasteiger partial charge is 0.474 e. The molecule has 0 bridgehead atoms. The van der Waals surface area contributed by atoms with Gasteiger partial charge in [0, 0.05) is 31.6 Å². The van der Waals surface area contributed by atoms with E-state index in [0.717, 1.165) is 0 Å². The number of phosphoric acid groups is 1. The Balaban J connectivity index is 1.27. The van der Waals surface area contributed by atoms with Crippen LogP contribution in [0.25, 0.3) is 0 Å². The van der Waals surface area contributed by atoms with Crippen LogP contribution in [-0.2, 0) is 27.6 Å². The molecule has 4 atom stereocenters. The predicted octanol–water partition coefficient (Wildman–Crippen LogP) is 0.230. The van der Waals surface area contributed by atoms with Crippen LogP contribution in [0.2, 0.25) is 0 Å². The third kappa shape index (κ3) is 5.71. The van der Waals surface area contributed by atoms with Crippen molar-refractivity contribution in [2.75, 3.05) is 20.3 Å². The molecule has 4 heterocycles. The Kier molecular flexibility index (Phi) is 7.45. The molecular formula is C19H25N4O10P. The van der Waals surface area contributed by atoms with Gasteiger partial charge in [0.05, 0.1) is 25.4 Å². The molecule has 15 heteroatoms. The fourth-order valence-corrected chi connectivity index (χ4v) is 4.81. The van der Waals surface area contributed by atoms with Gasteiger partial charge in [-0.25, -0.2) is 14.2 Å². The summed E-state index contributed by atoms with van der Waals surface area (Å²) in [6.45, 7) is -0.193. The molecule has 0 radical (unpaired) electrons. The Morgan fingerprint density at radius 1 is 0.853 bits per heavy atom. The lowest BCUT2D eigenvalue weighted by molar-refractivity contribution is -0.0390. The molecule has 14 nitrogen and oxygen atoms in total. The van der Waals surface area contributed by atoms with E-state index in [0.29, 0.717) is 25.7 Å². The molecule has 0 unspecified atom stereocenters. The average Bonchev–Trinajstić information content (AvgIpc) is 3.46. The van der Waals surface area contributed by atoms with Gasteiger partial charge in [-0.3, -0.25) is 42.3 Å². The topological polar surface area (TPSA) is 173 Å². The normalized spacial score (nSPS) is 25.1. The molecule has 4 rings (SSSR count). The maximum atomic E-state index is 12.8. The van der Waals surface area contributed by atoms with Crippen molar-refractivity contribution in [1.29, 1.82) is 0 Å². The van der Waals surface area contributed by atoms with E-state index < -0.39 is 55.0 Å². The van der Waals surface area contributed by atoms with E-state index in [1.165, 1.54) is 40.8 Å². The summed E-state index contributed by atoms with van der Waals surface area (Å²) in [5, 5.41) is 0. The van der Waals surface area contributed by atoms with Crippen molar-refractivity contribution < 1.29 is 27.6 Å². The second-order valence-corrected chi connectivity index (χ2v) is 9.61. The van der Waals surface area contributed by atoms with E-state index in [4.69, 9.17) is 23.0 Å². The zero-order valence-electron chi connectivity index (χ0n) is 18.3.